The molecule has 0 radical (unpaired) electrons. The van der Waals surface area contributed by atoms with E-state index >= 15 is 0 Å². The first-order valence-corrected chi connectivity index (χ1v) is 8.72. The fourth-order valence-corrected chi connectivity index (χ4v) is 4.23. The highest BCUT2D eigenvalue weighted by Gasteiger charge is 2.27. The Labute approximate surface area is 139 Å². The molecule has 1 aromatic carbocycles. The molecule has 2 atom stereocenters. The summed E-state index contributed by atoms with van der Waals surface area (Å²) >= 11 is 1.89. The monoisotopic (exact) mass is 331 g/mol. The van der Waals surface area contributed by atoms with E-state index in [0.29, 0.717) is 29.3 Å². The number of nitrogens with zero attached hydrogens (tertiary/aromatic N) is 2. The van der Waals surface area contributed by atoms with E-state index in [4.69, 9.17) is 0 Å². The average molecular weight is 331 g/mol. The number of hydrogen-bond acceptors (Lipinski definition) is 3. The highest BCUT2D eigenvalue weighted by atomic mass is 32.2. The van der Waals surface area contributed by atoms with Gasteiger partial charge in [-0.15, -0.1) is 0 Å². The van der Waals surface area contributed by atoms with E-state index in [9.17, 15) is 9.59 Å². The SMILES string of the molecule is Cc1ccc(-n2[nH]c(C(=O)N3C[C@@H](C)S[C@H](C)C3)cc2=O)cc1. The fourth-order valence-electron chi connectivity index (χ4n) is 2.91. The van der Waals surface area contributed by atoms with Crippen molar-refractivity contribution < 1.29 is 4.79 Å². The van der Waals surface area contributed by atoms with Crippen LogP contribution in [-0.4, -0.2) is 44.2 Å². The number of carbonyl (C=O) groups is 1. The second-order valence-corrected chi connectivity index (χ2v) is 8.03. The summed E-state index contributed by atoms with van der Waals surface area (Å²) in [6.07, 6.45) is 0. The predicted octanol–water partition coefficient (Wildman–Crippen LogP) is 2.44. The minimum absolute atomic E-state index is 0.105. The van der Waals surface area contributed by atoms with Crippen LogP contribution < -0.4 is 5.56 Å². The predicted molar refractivity (Wildman–Crippen MR) is 93.5 cm³/mol. The first-order valence-electron chi connectivity index (χ1n) is 7.78. The Morgan fingerprint density at radius 1 is 1.17 bits per heavy atom. The topological polar surface area (TPSA) is 58.1 Å². The van der Waals surface area contributed by atoms with Crippen LogP contribution in [0.15, 0.2) is 35.1 Å². The number of nitrogens with one attached hydrogen (secondary N) is 1. The third-order valence-corrected chi connectivity index (χ3v) is 5.18. The maximum Gasteiger partial charge on any atom is 0.272 e. The second-order valence-electron chi connectivity index (χ2n) is 6.15. The van der Waals surface area contributed by atoms with Gasteiger partial charge in [-0.05, 0) is 19.1 Å². The quantitative estimate of drug-likeness (QED) is 0.919. The number of thioether (sulfide) groups is 1. The van der Waals surface area contributed by atoms with Crippen molar-refractivity contribution in [1.29, 1.82) is 0 Å². The largest absolute Gasteiger partial charge is 0.335 e. The number of amides is 1. The van der Waals surface area contributed by atoms with Crippen molar-refractivity contribution in [2.75, 3.05) is 13.1 Å². The Kier molecular flexibility index (Phi) is 4.35. The molecule has 0 saturated carbocycles. The maximum absolute atomic E-state index is 12.7. The standard InChI is InChI=1S/C17H21N3O2S/c1-11-4-6-14(7-5-11)20-16(21)8-15(18-20)17(22)19-9-12(2)23-13(3)10-19/h4-8,12-13,18H,9-10H2,1-3H3/t12-,13-/m1/s1. The van der Waals surface area contributed by atoms with Crippen molar-refractivity contribution in [2.24, 2.45) is 0 Å². The van der Waals surface area contributed by atoms with E-state index in [0.717, 1.165) is 11.3 Å². The van der Waals surface area contributed by atoms with Gasteiger partial charge in [-0.25, -0.2) is 4.68 Å². The van der Waals surface area contributed by atoms with Crippen molar-refractivity contribution in [3.8, 4) is 5.69 Å². The van der Waals surface area contributed by atoms with Gasteiger partial charge in [0.15, 0.2) is 0 Å². The molecule has 1 aliphatic rings. The normalized spacial score (nSPS) is 21.4. The van der Waals surface area contributed by atoms with E-state index in [1.165, 1.54) is 10.7 Å². The van der Waals surface area contributed by atoms with Gasteiger partial charge in [0.1, 0.15) is 5.69 Å². The van der Waals surface area contributed by atoms with E-state index in [2.05, 4.69) is 18.9 Å². The Morgan fingerprint density at radius 3 is 2.39 bits per heavy atom. The van der Waals surface area contributed by atoms with Crippen LogP contribution in [0.4, 0.5) is 0 Å². The molecule has 23 heavy (non-hydrogen) atoms. The maximum atomic E-state index is 12.7. The molecule has 6 heteroatoms. The Balaban J connectivity index is 1.87. The van der Waals surface area contributed by atoms with Crippen LogP contribution in [0.25, 0.3) is 5.69 Å². The summed E-state index contributed by atoms with van der Waals surface area (Å²) in [4.78, 5) is 26.7. The molecule has 1 aromatic heterocycles. The second kappa shape index (κ2) is 6.28. The zero-order valence-electron chi connectivity index (χ0n) is 13.6. The summed E-state index contributed by atoms with van der Waals surface area (Å²) in [7, 11) is 0. The highest BCUT2D eigenvalue weighted by molar-refractivity contribution is 8.00. The molecule has 1 N–H and O–H groups in total. The van der Waals surface area contributed by atoms with Crippen molar-refractivity contribution in [3.05, 3.63) is 51.9 Å². The van der Waals surface area contributed by atoms with Crippen LogP contribution >= 0.6 is 11.8 Å². The lowest BCUT2D eigenvalue weighted by atomic mass is 10.2. The lowest BCUT2D eigenvalue weighted by Gasteiger charge is -2.34. The van der Waals surface area contributed by atoms with Gasteiger partial charge < -0.3 is 4.90 Å². The van der Waals surface area contributed by atoms with Crippen LogP contribution in [0.2, 0.25) is 0 Å². The third-order valence-electron chi connectivity index (χ3n) is 3.95. The van der Waals surface area contributed by atoms with Crippen LogP contribution in [0.3, 0.4) is 0 Å². The molecule has 1 fully saturated rings. The number of hydrogen-bond donors (Lipinski definition) is 1. The molecule has 0 aliphatic carbocycles. The number of H-pyrrole nitrogens is 1. The minimum atomic E-state index is -0.218. The highest BCUT2D eigenvalue weighted by Crippen LogP contribution is 2.25. The van der Waals surface area contributed by atoms with Crippen molar-refractivity contribution in [1.82, 2.24) is 14.7 Å². The molecule has 1 amide bonds. The van der Waals surface area contributed by atoms with Gasteiger partial charge in [0, 0.05) is 29.7 Å². The number of benzene rings is 1. The summed E-state index contributed by atoms with van der Waals surface area (Å²) in [5.41, 5.74) is 1.99. The first-order chi connectivity index (χ1) is 10.9. The van der Waals surface area contributed by atoms with Crippen LogP contribution in [0.5, 0.6) is 0 Å². The van der Waals surface area contributed by atoms with E-state index < -0.39 is 0 Å². The first kappa shape index (κ1) is 15.9. The van der Waals surface area contributed by atoms with Gasteiger partial charge in [0.2, 0.25) is 0 Å². The Morgan fingerprint density at radius 2 is 1.78 bits per heavy atom. The Bertz CT molecular complexity index is 753. The summed E-state index contributed by atoms with van der Waals surface area (Å²) in [6.45, 7) is 7.67. The van der Waals surface area contributed by atoms with E-state index in [1.807, 2.05) is 47.9 Å². The number of rotatable bonds is 2. The molecule has 3 rings (SSSR count). The van der Waals surface area contributed by atoms with E-state index in [1.54, 1.807) is 0 Å². The van der Waals surface area contributed by atoms with Crippen molar-refractivity contribution in [2.45, 2.75) is 31.3 Å². The van der Waals surface area contributed by atoms with Crippen LogP contribution in [-0.2, 0) is 0 Å². The van der Waals surface area contributed by atoms with Gasteiger partial charge >= 0.3 is 0 Å². The van der Waals surface area contributed by atoms with Crippen LogP contribution in [0, 0.1) is 6.92 Å². The van der Waals surface area contributed by atoms with Gasteiger partial charge in [0.25, 0.3) is 11.5 Å². The summed E-state index contributed by atoms with van der Waals surface area (Å²) in [6, 6.07) is 9.00. The number of aromatic nitrogens is 2. The summed E-state index contributed by atoms with van der Waals surface area (Å²) < 4.78 is 1.41. The van der Waals surface area contributed by atoms with Crippen molar-refractivity contribution in [3.63, 3.8) is 0 Å². The molecule has 2 aromatic rings. The number of aromatic amines is 1. The minimum Gasteiger partial charge on any atom is -0.335 e. The lowest BCUT2D eigenvalue weighted by molar-refractivity contribution is 0.0747. The zero-order valence-corrected chi connectivity index (χ0v) is 14.4. The number of aryl methyl sites for hydroxylation is 1. The van der Waals surface area contributed by atoms with Gasteiger partial charge in [-0.1, -0.05) is 31.5 Å². The molecular formula is C17H21N3O2S. The summed E-state index contributed by atoms with van der Waals surface area (Å²) in [5, 5.41) is 3.77. The molecule has 0 bridgehead atoms. The molecule has 2 heterocycles. The molecule has 0 spiro atoms. The lowest BCUT2D eigenvalue weighted by Crippen LogP contribution is -2.44. The van der Waals surface area contributed by atoms with Gasteiger partial charge in [-0.3, -0.25) is 14.7 Å². The molecule has 5 nitrogen and oxygen atoms in total. The molecular weight excluding hydrogens is 310 g/mol. The molecule has 1 saturated heterocycles. The van der Waals surface area contributed by atoms with Crippen molar-refractivity contribution >= 4 is 17.7 Å². The summed E-state index contributed by atoms with van der Waals surface area (Å²) in [5.74, 6) is -0.105. The Hall–Kier alpha value is -1.95. The van der Waals surface area contributed by atoms with Crippen LogP contribution in [0.1, 0.15) is 29.9 Å². The average Bonchev–Trinajstić information content (AvgIpc) is 2.88. The molecule has 122 valence electrons. The van der Waals surface area contributed by atoms with Gasteiger partial charge in [0.05, 0.1) is 5.69 Å². The molecule has 0 unspecified atom stereocenters. The third kappa shape index (κ3) is 3.37. The zero-order chi connectivity index (χ0) is 16.6. The van der Waals surface area contributed by atoms with E-state index in [-0.39, 0.29) is 11.5 Å². The molecule has 1 aliphatic heterocycles. The van der Waals surface area contributed by atoms with Gasteiger partial charge in [-0.2, -0.15) is 11.8 Å². The fraction of sp³-hybridized carbons (Fsp3) is 0.412. The number of carbonyl (C=O) groups excluding carboxylic acids is 1. The smallest absolute Gasteiger partial charge is 0.272 e.